The molecule has 2 amide bonds. The lowest BCUT2D eigenvalue weighted by atomic mass is 10.1. The number of aromatic nitrogens is 2. The Morgan fingerprint density at radius 1 is 1.05 bits per heavy atom. The number of hydrazone groups is 1. The molecule has 0 aliphatic carbocycles. The van der Waals surface area contributed by atoms with Crippen molar-refractivity contribution in [2.45, 2.75) is 20.0 Å². The number of nitrogens with one attached hydrogen (secondary N) is 2. The van der Waals surface area contributed by atoms with E-state index in [1.807, 2.05) is 19.1 Å². The molecule has 0 spiro atoms. The fourth-order valence-corrected chi connectivity index (χ4v) is 4.11. The standard InChI is InChI=1S/C27H24FN5O4S/c1-17-7-3-5-9-20(17)26(35)30-27-33-32-25(38-27)14-24(34)31-29-15-18-11-12-22(23(13-18)36-2)37-16-19-8-4-6-10-21(19)28/h3-13,15H,14,16H2,1-2H3,(H,31,34)(H,30,33,35)/b29-15-. The van der Waals surface area contributed by atoms with Gasteiger partial charge in [0.05, 0.1) is 19.7 Å². The summed E-state index contributed by atoms with van der Waals surface area (Å²) in [5, 5.41) is 15.3. The molecule has 0 bridgehead atoms. The SMILES string of the molecule is COc1cc(/C=N\NC(=O)Cc2nnc(NC(=O)c3ccccc3C)s2)ccc1OCc1ccccc1F. The monoisotopic (exact) mass is 533 g/mol. The van der Waals surface area contributed by atoms with Gasteiger partial charge < -0.3 is 9.47 Å². The third-order valence-corrected chi connectivity index (χ3v) is 6.16. The first kappa shape index (κ1) is 26.4. The van der Waals surface area contributed by atoms with Crippen molar-refractivity contribution in [1.82, 2.24) is 15.6 Å². The van der Waals surface area contributed by atoms with E-state index in [-0.39, 0.29) is 24.8 Å². The van der Waals surface area contributed by atoms with Crippen LogP contribution in [-0.4, -0.2) is 35.3 Å². The van der Waals surface area contributed by atoms with E-state index in [0.29, 0.717) is 38.3 Å². The minimum Gasteiger partial charge on any atom is -0.493 e. The quantitative estimate of drug-likeness (QED) is 0.229. The van der Waals surface area contributed by atoms with E-state index in [1.54, 1.807) is 48.5 Å². The number of rotatable bonds is 10. The molecule has 1 heterocycles. The molecule has 0 aliphatic heterocycles. The molecule has 1 aromatic heterocycles. The summed E-state index contributed by atoms with van der Waals surface area (Å²) in [5.74, 6) is -0.156. The number of hydrogen-bond donors (Lipinski definition) is 2. The second kappa shape index (κ2) is 12.5. The Kier molecular flexibility index (Phi) is 8.73. The summed E-state index contributed by atoms with van der Waals surface area (Å²) in [6, 6.07) is 18.7. The van der Waals surface area contributed by atoms with E-state index in [0.717, 1.165) is 16.9 Å². The first-order chi connectivity index (χ1) is 18.4. The van der Waals surface area contributed by atoms with Crippen LogP contribution in [0.3, 0.4) is 0 Å². The molecule has 4 aromatic rings. The van der Waals surface area contributed by atoms with Gasteiger partial charge in [-0.2, -0.15) is 5.10 Å². The maximum absolute atomic E-state index is 13.8. The van der Waals surface area contributed by atoms with Gasteiger partial charge in [-0.3, -0.25) is 14.9 Å². The first-order valence-corrected chi connectivity index (χ1v) is 12.3. The Morgan fingerprint density at radius 2 is 1.84 bits per heavy atom. The number of nitrogens with zero attached hydrogens (tertiary/aromatic N) is 3. The fourth-order valence-electron chi connectivity index (χ4n) is 3.38. The molecule has 0 atom stereocenters. The highest BCUT2D eigenvalue weighted by Gasteiger charge is 2.14. The van der Waals surface area contributed by atoms with Crippen molar-refractivity contribution in [3.05, 3.63) is 99.8 Å². The lowest BCUT2D eigenvalue weighted by Crippen LogP contribution is -2.19. The summed E-state index contributed by atoms with van der Waals surface area (Å²) in [4.78, 5) is 24.7. The second-order valence-corrected chi connectivity index (χ2v) is 9.09. The van der Waals surface area contributed by atoms with Crippen molar-refractivity contribution in [3.8, 4) is 11.5 Å². The lowest BCUT2D eigenvalue weighted by Gasteiger charge is -2.11. The summed E-state index contributed by atoms with van der Waals surface area (Å²) in [5.41, 5.74) is 4.90. The van der Waals surface area contributed by atoms with Crippen LogP contribution < -0.4 is 20.2 Å². The van der Waals surface area contributed by atoms with Gasteiger partial charge in [0.2, 0.25) is 11.0 Å². The molecular formula is C27H24FN5O4S. The maximum Gasteiger partial charge on any atom is 0.257 e. The Morgan fingerprint density at radius 3 is 2.63 bits per heavy atom. The molecular weight excluding hydrogens is 509 g/mol. The molecule has 2 N–H and O–H groups in total. The molecule has 4 rings (SSSR count). The highest BCUT2D eigenvalue weighted by atomic mass is 32.1. The van der Waals surface area contributed by atoms with Gasteiger partial charge in [0.15, 0.2) is 11.5 Å². The van der Waals surface area contributed by atoms with Crippen molar-refractivity contribution in [2.75, 3.05) is 12.4 Å². The summed E-state index contributed by atoms with van der Waals surface area (Å²) >= 11 is 1.11. The number of ether oxygens (including phenoxy) is 2. The van der Waals surface area contributed by atoms with Crippen LogP contribution in [0.4, 0.5) is 9.52 Å². The van der Waals surface area contributed by atoms with Gasteiger partial charge in [-0.05, 0) is 48.4 Å². The molecule has 0 aliphatic rings. The lowest BCUT2D eigenvalue weighted by molar-refractivity contribution is -0.120. The average molecular weight is 534 g/mol. The Balaban J connectivity index is 1.29. The minimum atomic E-state index is -0.397. The molecule has 0 fully saturated rings. The molecule has 11 heteroatoms. The summed E-state index contributed by atoms with van der Waals surface area (Å²) < 4.78 is 24.9. The zero-order chi connectivity index (χ0) is 26.9. The van der Waals surface area contributed by atoms with E-state index in [9.17, 15) is 14.0 Å². The molecule has 0 unspecified atom stereocenters. The van der Waals surface area contributed by atoms with E-state index in [2.05, 4.69) is 26.0 Å². The van der Waals surface area contributed by atoms with Gasteiger partial charge in [0.1, 0.15) is 17.4 Å². The summed E-state index contributed by atoms with van der Waals surface area (Å²) in [7, 11) is 1.49. The van der Waals surface area contributed by atoms with Crippen LogP contribution in [-0.2, 0) is 17.8 Å². The maximum atomic E-state index is 13.8. The number of carbonyl (C=O) groups excluding carboxylic acids is 2. The highest BCUT2D eigenvalue weighted by molar-refractivity contribution is 7.15. The third kappa shape index (κ3) is 6.98. The van der Waals surface area contributed by atoms with Crippen LogP contribution in [0.1, 0.15) is 32.1 Å². The van der Waals surface area contributed by atoms with E-state index < -0.39 is 5.91 Å². The predicted octanol–water partition coefficient (Wildman–Crippen LogP) is 4.52. The second-order valence-electron chi connectivity index (χ2n) is 8.03. The van der Waals surface area contributed by atoms with Gasteiger partial charge in [0.25, 0.3) is 5.91 Å². The van der Waals surface area contributed by atoms with Crippen molar-refractivity contribution in [2.24, 2.45) is 5.10 Å². The summed E-state index contributed by atoms with van der Waals surface area (Å²) in [6.07, 6.45) is 1.40. The Bertz CT molecular complexity index is 1470. The van der Waals surface area contributed by atoms with Gasteiger partial charge >= 0.3 is 0 Å². The number of carbonyl (C=O) groups is 2. The van der Waals surface area contributed by atoms with Crippen LogP contribution in [0, 0.1) is 12.7 Å². The molecule has 3 aromatic carbocycles. The number of methoxy groups -OCH3 is 1. The molecule has 0 saturated heterocycles. The number of amides is 2. The van der Waals surface area contributed by atoms with Crippen LogP contribution >= 0.6 is 11.3 Å². The largest absolute Gasteiger partial charge is 0.493 e. The van der Waals surface area contributed by atoms with Crippen molar-refractivity contribution in [3.63, 3.8) is 0 Å². The minimum absolute atomic E-state index is 0.0510. The smallest absolute Gasteiger partial charge is 0.257 e. The molecule has 0 saturated carbocycles. The van der Waals surface area contributed by atoms with E-state index in [1.165, 1.54) is 19.4 Å². The number of hydrogen-bond acceptors (Lipinski definition) is 8. The van der Waals surface area contributed by atoms with Crippen molar-refractivity contribution >= 4 is 34.5 Å². The van der Waals surface area contributed by atoms with Gasteiger partial charge in [0, 0.05) is 11.1 Å². The summed E-state index contributed by atoms with van der Waals surface area (Å²) in [6.45, 7) is 1.90. The van der Waals surface area contributed by atoms with Gasteiger partial charge in [-0.25, -0.2) is 9.82 Å². The van der Waals surface area contributed by atoms with Crippen LogP contribution in [0.2, 0.25) is 0 Å². The molecule has 9 nitrogen and oxygen atoms in total. The Hall–Kier alpha value is -4.64. The van der Waals surface area contributed by atoms with E-state index >= 15 is 0 Å². The van der Waals surface area contributed by atoms with E-state index in [4.69, 9.17) is 9.47 Å². The van der Waals surface area contributed by atoms with Crippen LogP contribution in [0.25, 0.3) is 0 Å². The van der Waals surface area contributed by atoms with Crippen molar-refractivity contribution < 1.29 is 23.5 Å². The number of halogens is 1. The molecule has 194 valence electrons. The number of benzene rings is 3. The predicted molar refractivity (Wildman–Crippen MR) is 142 cm³/mol. The topological polar surface area (TPSA) is 115 Å². The zero-order valence-electron chi connectivity index (χ0n) is 20.6. The zero-order valence-corrected chi connectivity index (χ0v) is 21.4. The third-order valence-electron chi connectivity index (χ3n) is 5.32. The van der Waals surface area contributed by atoms with Crippen LogP contribution in [0.15, 0.2) is 71.8 Å². The molecule has 0 radical (unpaired) electrons. The normalized spacial score (nSPS) is 10.8. The fraction of sp³-hybridized carbons (Fsp3) is 0.148. The van der Waals surface area contributed by atoms with Gasteiger partial charge in [-0.15, -0.1) is 10.2 Å². The van der Waals surface area contributed by atoms with Gasteiger partial charge in [-0.1, -0.05) is 47.7 Å². The Labute approximate surface area is 222 Å². The number of aryl methyl sites for hydroxylation is 1. The van der Waals surface area contributed by atoms with Crippen molar-refractivity contribution in [1.29, 1.82) is 0 Å². The highest BCUT2D eigenvalue weighted by Crippen LogP contribution is 2.28. The average Bonchev–Trinajstić information content (AvgIpc) is 3.35. The van der Waals surface area contributed by atoms with Crippen LogP contribution in [0.5, 0.6) is 11.5 Å². The molecule has 38 heavy (non-hydrogen) atoms. The number of anilines is 1. The first-order valence-electron chi connectivity index (χ1n) is 11.5.